The Morgan fingerprint density at radius 2 is 2.04 bits per heavy atom. The van der Waals surface area contributed by atoms with E-state index in [0.29, 0.717) is 42.0 Å². The smallest absolute Gasteiger partial charge is 0.322 e. The molecule has 1 atom stereocenters. The second-order valence-electron chi connectivity index (χ2n) is 6.02. The van der Waals surface area contributed by atoms with Crippen LogP contribution in [0, 0.1) is 6.92 Å². The number of rotatable bonds is 5. The molecule has 1 unspecified atom stereocenters. The van der Waals surface area contributed by atoms with Crippen LogP contribution in [-0.4, -0.2) is 72.8 Å². The van der Waals surface area contributed by atoms with E-state index in [2.05, 4.69) is 5.32 Å². The quantitative estimate of drug-likeness (QED) is 0.808. The van der Waals surface area contributed by atoms with E-state index < -0.39 is 5.97 Å². The van der Waals surface area contributed by atoms with E-state index in [1.54, 1.807) is 35.9 Å². The number of morpholine rings is 1. The Morgan fingerprint density at radius 1 is 1.40 bits per heavy atom. The molecule has 1 aliphatic heterocycles. The molecule has 9 heteroatoms. The zero-order valence-electron chi connectivity index (χ0n) is 14.1. The number of hydrogen-bond donors (Lipinski definition) is 2. The van der Waals surface area contributed by atoms with Gasteiger partial charge in [0.15, 0.2) is 0 Å². The van der Waals surface area contributed by atoms with Crippen molar-refractivity contribution >= 4 is 40.9 Å². The summed E-state index contributed by atoms with van der Waals surface area (Å²) < 4.78 is 5.62. The average molecular weight is 390 g/mol. The Morgan fingerprint density at radius 3 is 2.64 bits per heavy atom. The number of anilines is 1. The first-order chi connectivity index (χ1) is 11.8. The third-order valence-electron chi connectivity index (χ3n) is 3.88. The van der Waals surface area contributed by atoms with Gasteiger partial charge in [0.05, 0.1) is 19.3 Å². The van der Waals surface area contributed by atoms with Crippen molar-refractivity contribution in [3.05, 3.63) is 27.7 Å². The molecule has 1 heterocycles. The third-order valence-corrected chi connectivity index (χ3v) is 4.66. The number of halogens is 2. The fourth-order valence-corrected chi connectivity index (χ4v) is 3.06. The van der Waals surface area contributed by atoms with Crippen LogP contribution in [0.3, 0.4) is 0 Å². The highest BCUT2D eigenvalue weighted by molar-refractivity contribution is 6.36. The van der Waals surface area contributed by atoms with Gasteiger partial charge in [0, 0.05) is 35.4 Å². The normalized spacial score (nSPS) is 17.6. The van der Waals surface area contributed by atoms with E-state index >= 15 is 0 Å². The molecule has 7 nitrogen and oxygen atoms in total. The first-order valence-electron chi connectivity index (χ1n) is 7.79. The minimum atomic E-state index is -0.902. The van der Waals surface area contributed by atoms with Crippen LogP contribution in [0.25, 0.3) is 0 Å². The number of amides is 2. The van der Waals surface area contributed by atoms with Gasteiger partial charge in [0.25, 0.3) is 0 Å². The fraction of sp³-hybridized carbons (Fsp3) is 0.500. The van der Waals surface area contributed by atoms with Gasteiger partial charge in [-0.3, -0.25) is 9.69 Å². The molecule has 2 amide bonds. The molecular formula is C16H21Cl2N3O4. The second kappa shape index (κ2) is 8.71. The zero-order chi connectivity index (χ0) is 18.6. The molecule has 0 bridgehead atoms. The van der Waals surface area contributed by atoms with Gasteiger partial charge >= 0.3 is 12.0 Å². The van der Waals surface area contributed by atoms with Crippen molar-refractivity contribution in [3.63, 3.8) is 0 Å². The van der Waals surface area contributed by atoms with Gasteiger partial charge in [-0.1, -0.05) is 23.2 Å². The summed E-state index contributed by atoms with van der Waals surface area (Å²) in [5, 5.41) is 12.6. The lowest BCUT2D eigenvalue weighted by molar-refractivity contribution is -0.138. The number of ether oxygens (including phenoxy) is 1. The molecule has 0 aromatic heterocycles. The number of nitrogens with zero attached hydrogens (tertiary/aromatic N) is 2. The van der Waals surface area contributed by atoms with Crippen LogP contribution in [0.15, 0.2) is 12.1 Å². The molecular weight excluding hydrogens is 369 g/mol. The van der Waals surface area contributed by atoms with E-state index in [1.807, 2.05) is 0 Å². The van der Waals surface area contributed by atoms with Gasteiger partial charge in [-0.25, -0.2) is 4.79 Å². The summed E-state index contributed by atoms with van der Waals surface area (Å²) in [6.07, 6.45) is -0.242. The van der Waals surface area contributed by atoms with Crippen LogP contribution >= 0.6 is 23.2 Å². The van der Waals surface area contributed by atoms with Crippen molar-refractivity contribution in [2.45, 2.75) is 13.0 Å². The standard InChI is InChI=1S/C16H21Cl2N3O4/c1-10-13(17)5-11(6-14(10)18)19-16(24)21-3-4-25-12(8-21)7-20(2)9-15(22)23/h5-6,12H,3-4,7-9H2,1-2H3,(H,19,24)(H,22,23). The Kier molecular flexibility index (Phi) is 6.89. The lowest BCUT2D eigenvalue weighted by atomic mass is 10.2. The number of benzene rings is 1. The second-order valence-corrected chi connectivity index (χ2v) is 6.84. The van der Waals surface area contributed by atoms with Crippen molar-refractivity contribution in [3.8, 4) is 0 Å². The molecule has 2 N–H and O–H groups in total. The zero-order valence-corrected chi connectivity index (χ0v) is 15.6. The van der Waals surface area contributed by atoms with E-state index in [9.17, 15) is 9.59 Å². The molecule has 0 saturated carbocycles. The first-order valence-corrected chi connectivity index (χ1v) is 8.55. The van der Waals surface area contributed by atoms with Gasteiger partial charge in [-0.15, -0.1) is 0 Å². The topological polar surface area (TPSA) is 82.1 Å². The van der Waals surface area contributed by atoms with Crippen molar-refractivity contribution in [2.75, 3.05) is 45.2 Å². The Bertz CT molecular complexity index is 633. The van der Waals surface area contributed by atoms with Crippen LogP contribution in [-0.2, 0) is 9.53 Å². The van der Waals surface area contributed by atoms with Gasteiger partial charge < -0.3 is 20.1 Å². The molecule has 0 aliphatic carbocycles. The molecule has 1 aliphatic rings. The van der Waals surface area contributed by atoms with Gasteiger partial charge in [-0.05, 0) is 31.7 Å². The summed E-state index contributed by atoms with van der Waals surface area (Å²) in [5.41, 5.74) is 1.28. The Balaban J connectivity index is 1.94. The van der Waals surface area contributed by atoms with Crippen LogP contribution < -0.4 is 5.32 Å². The van der Waals surface area contributed by atoms with Crippen molar-refractivity contribution in [1.82, 2.24) is 9.80 Å². The summed E-state index contributed by atoms with van der Waals surface area (Å²) in [5.74, 6) is -0.902. The maximum absolute atomic E-state index is 12.4. The molecule has 25 heavy (non-hydrogen) atoms. The van der Waals surface area contributed by atoms with Crippen LogP contribution in [0.2, 0.25) is 10.0 Å². The van der Waals surface area contributed by atoms with Crippen molar-refractivity contribution in [2.24, 2.45) is 0 Å². The first kappa shape index (κ1) is 19.8. The number of carbonyl (C=O) groups is 2. The largest absolute Gasteiger partial charge is 0.480 e. The maximum atomic E-state index is 12.4. The van der Waals surface area contributed by atoms with Crippen LogP contribution in [0.4, 0.5) is 10.5 Å². The van der Waals surface area contributed by atoms with Crippen molar-refractivity contribution < 1.29 is 19.4 Å². The summed E-state index contributed by atoms with van der Waals surface area (Å²) >= 11 is 12.2. The number of hydrogen-bond acceptors (Lipinski definition) is 4. The molecule has 1 aromatic rings. The number of aliphatic carboxylic acids is 1. The van der Waals surface area contributed by atoms with E-state index in [0.717, 1.165) is 5.56 Å². The highest BCUT2D eigenvalue weighted by Crippen LogP contribution is 2.28. The molecule has 2 rings (SSSR count). The predicted molar refractivity (Wildman–Crippen MR) is 96.7 cm³/mol. The predicted octanol–water partition coefficient (Wildman–Crippen LogP) is 2.55. The Labute approximate surface area is 156 Å². The molecule has 138 valence electrons. The van der Waals surface area contributed by atoms with Crippen molar-refractivity contribution in [1.29, 1.82) is 0 Å². The van der Waals surface area contributed by atoms with Crippen LogP contribution in [0.1, 0.15) is 5.56 Å². The molecule has 1 aromatic carbocycles. The summed E-state index contributed by atoms with van der Waals surface area (Å²) in [6.45, 7) is 3.39. The number of carboxylic acid groups (broad SMARTS) is 1. The molecule has 1 saturated heterocycles. The van der Waals surface area contributed by atoms with Gasteiger partial charge in [0.1, 0.15) is 0 Å². The fourth-order valence-electron chi connectivity index (χ4n) is 2.58. The number of carboxylic acids is 1. The van der Waals surface area contributed by atoms with E-state index in [4.69, 9.17) is 33.0 Å². The van der Waals surface area contributed by atoms with E-state index in [1.165, 1.54) is 0 Å². The Hall–Kier alpha value is -1.54. The average Bonchev–Trinajstić information content (AvgIpc) is 2.51. The highest BCUT2D eigenvalue weighted by atomic mass is 35.5. The van der Waals surface area contributed by atoms with Gasteiger partial charge in [-0.2, -0.15) is 0 Å². The number of urea groups is 1. The molecule has 0 radical (unpaired) electrons. The minimum Gasteiger partial charge on any atom is -0.480 e. The summed E-state index contributed by atoms with van der Waals surface area (Å²) in [6, 6.07) is 3.03. The molecule has 1 fully saturated rings. The third kappa shape index (κ3) is 5.74. The summed E-state index contributed by atoms with van der Waals surface area (Å²) in [4.78, 5) is 26.5. The lowest BCUT2D eigenvalue weighted by Crippen LogP contribution is -2.50. The summed E-state index contributed by atoms with van der Waals surface area (Å²) in [7, 11) is 1.70. The lowest BCUT2D eigenvalue weighted by Gasteiger charge is -2.34. The number of likely N-dealkylation sites (N-methyl/N-ethyl adjacent to an activating group) is 1. The highest BCUT2D eigenvalue weighted by Gasteiger charge is 2.25. The van der Waals surface area contributed by atoms with Gasteiger partial charge in [0.2, 0.25) is 0 Å². The molecule has 0 spiro atoms. The van der Waals surface area contributed by atoms with Crippen LogP contribution in [0.5, 0.6) is 0 Å². The number of carbonyl (C=O) groups excluding carboxylic acids is 1. The monoisotopic (exact) mass is 389 g/mol. The maximum Gasteiger partial charge on any atom is 0.322 e. The van der Waals surface area contributed by atoms with E-state index in [-0.39, 0.29) is 18.7 Å². The number of nitrogens with one attached hydrogen (secondary N) is 1. The SMILES string of the molecule is Cc1c(Cl)cc(NC(=O)N2CCOC(CN(C)CC(=O)O)C2)cc1Cl. The minimum absolute atomic E-state index is 0.0770.